The zero-order valence-electron chi connectivity index (χ0n) is 19.8. The van der Waals surface area contributed by atoms with Crippen molar-refractivity contribution in [2.24, 2.45) is 34.5 Å². The molecule has 0 heterocycles. The average molecular weight is 451 g/mol. The maximum atomic E-state index is 13.0. The number of carbonyl (C=O) groups is 3. The van der Waals surface area contributed by atoms with E-state index in [1.54, 1.807) is 0 Å². The van der Waals surface area contributed by atoms with Crippen molar-refractivity contribution in [1.29, 1.82) is 0 Å². The predicted octanol–water partition coefficient (Wildman–Crippen LogP) is 2.79. The second-order valence-electron chi connectivity index (χ2n) is 11.4. The number of hydrogen-bond donors (Lipinski definition) is 2. The fourth-order valence-electron chi connectivity index (χ4n) is 8.44. The summed E-state index contributed by atoms with van der Waals surface area (Å²) in [5.74, 6) is -0.331. The second kappa shape index (κ2) is 8.08. The number of ether oxygens (including phenoxy) is 2. The van der Waals surface area contributed by atoms with Crippen LogP contribution in [0.25, 0.3) is 0 Å². The van der Waals surface area contributed by atoms with Gasteiger partial charge in [-0.25, -0.2) is 0 Å². The van der Waals surface area contributed by atoms with E-state index in [0.717, 1.165) is 38.5 Å². The number of carbonyl (C=O) groups excluding carboxylic acids is 3. The molecule has 0 saturated heterocycles. The van der Waals surface area contributed by atoms with Crippen LogP contribution in [0.1, 0.15) is 79.1 Å². The Balaban J connectivity index is 1.57. The third kappa shape index (κ3) is 3.51. The SMILES string of the molecule is CC(=O)OCC(=O)C1(O)CCC2C3CCC4CC(OC(C)=O)CCC4(C)C3C(O)CC21C. The molecule has 0 spiro atoms. The Labute approximate surface area is 190 Å². The van der Waals surface area contributed by atoms with Crippen LogP contribution < -0.4 is 0 Å². The number of rotatable bonds is 4. The molecule has 4 fully saturated rings. The molecule has 4 aliphatic rings. The van der Waals surface area contributed by atoms with Crippen LogP contribution in [0.4, 0.5) is 0 Å². The van der Waals surface area contributed by atoms with Crippen molar-refractivity contribution >= 4 is 17.7 Å². The van der Waals surface area contributed by atoms with Crippen molar-refractivity contribution in [1.82, 2.24) is 0 Å². The van der Waals surface area contributed by atoms with Crippen molar-refractivity contribution in [3.63, 3.8) is 0 Å². The molecule has 4 saturated carbocycles. The monoisotopic (exact) mass is 450 g/mol. The summed E-state index contributed by atoms with van der Waals surface area (Å²) in [6.07, 6.45) is 5.34. The maximum Gasteiger partial charge on any atom is 0.303 e. The molecule has 0 amide bonds. The highest BCUT2D eigenvalue weighted by Gasteiger charge is 2.68. The summed E-state index contributed by atoms with van der Waals surface area (Å²) in [5.41, 5.74) is -2.35. The Morgan fingerprint density at radius 1 is 1.00 bits per heavy atom. The molecule has 180 valence electrons. The van der Waals surface area contributed by atoms with E-state index < -0.39 is 35.5 Å². The van der Waals surface area contributed by atoms with Crippen LogP contribution in [0.15, 0.2) is 0 Å². The Hall–Kier alpha value is -1.47. The molecular weight excluding hydrogens is 412 g/mol. The minimum absolute atomic E-state index is 0.0383. The summed E-state index contributed by atoms with van der Waals surface area (Å²) in [5, 5.41) is 23.0. The molecule has 0 aromatic carbocycles. The Bertz CT molecular complexity index is 795. The fourth-order valence-corrected chi connectivity index (χ4v) is 8.44. The van der Waals surface area contributed by atoms with E-state index in [2.05, 4.69) is 6.92 Å². The first-order valence-corrected chi connectivity index (χ1v) is 12.2. The van der Waals surface area contributed by atoms with Gasteiger partial charge in [0.2, 0.25) is 5.78 Å². The van der Waals surface area contributed by atoms with E-state index in [9.17, 15) is 24.6 Å². The first kappa shape index (κ1) is 23.7. The number of fused-ring (bicyclic) bond motifs is 5. The molecular formula is C25H38O7. The van der Waals surface area contributed by atoms with E-state index in [0.29, 0.717) is 18.8 Å². The third-order valence-corrected chi connectivity index (χ3v) is 9.90. The van der Waals surface area contributed by atoms with Gasteiger partial charge in [0.1, 0.15) is 11.7 Å². The zero-order valence-corrected chi connectivity index (χ0v) is 19.8. The molecule has 0 aromatic heterocycles. The quantitative estimate of drug-likeness (QED) is 0.634. The van der Waals surface area contributed by atoms with Gasteiger partial charge in [0.25, 0.3) is 0 Å². The Kier molecular flexibility index (Phi) is 5.98. The minimum atomic E-state index is -1.58. The predicted molar refractivity (Wildman–Crippen MR) is 115 cm³/mol. The molecule has 0 radical (unpaired) electrons. The van der Waals surface area contributed by atoms with E-state index >= 15 is 0 Å². The van der Waals surface area contributed by atoms with Crippen LogP contribution in [0.2, 0.25) is 0 Å². The Morgan fingerprint density at radius 3 is 2.38 bits per heavy atom. The molecule has 32 heavy (non-hydrogen) atoms. The molecule has 9 atom stereocenters. The summed E-state index contributed by atoms with van der Waals surface area (Å²) < 4.78 is 10.4. The maximum absolute atomic E-state index is 13.0. The summed E-state index contributed by atoms with van der Waals surface area (Å²) in [4.78, 5) is 35.6. The molecule has 2 N–H and O–H groups in total. The van der Waals surface area contributed by atoms with Gasteiger partial charge in [0.05, 0.1) is 6.10 Å². The van der Waals surface area contributed by atoms with Crippen LogP contribution in [0, 0.1) is 34.5 Å². The average Bonchev–Trinajstić information content (AvgIpc) is 2.97. The second-order valence-corrected chi connectivity index (χ2v) is 11.4. The first-order chi connectivity index (χ1) is 14.9. The van der Waals surface area contributed by atoms with Crippen molar-refractivity contribution < 1.29 is 34.1 Å². The van der Waals surface area contributed by atoms with Gasteiger partial charge >= 0.3 is 11.9 Å². The van der Waals surface area contributed by atoms with E-state index in [1.807, 2.05) is 6.92 Å². The summed E-state index contributed by atoms with van der Waals surface area (Å²) in [6.45, 7) is 6.52. The molecule has 0 aliphatic heterocycles. The first-order valence-electron chi connectivity index (χ1n) is 12.2. The topological polar surface area (TPSA) is 110 Å². The summed E-state index contributed by atoms with van der Waals surface area (Å²) in [6, 6.07) is 0. The number of hydrogen-bond acceptors (Lipinski definition) is 7. The summed E-state index contributed by atoms with van der Waals surface area (Å²) in [7, 11) is 0. The van der Waals surface area contributed by atoms with Gasteiger partial charge in [0, 0.05) is 19.3 Å². The van der Waals surface area contributed by atoms with Gasteiger partial charge in [-0.2, -0.15) is 0 Å². The minimum Gasteiger partial charge on any atom is -0.463 e. The van der Waals surface area contributed by atoms with E-state index in [1.165, 1.54) is 13.8 Å². The van der Waals surface area contributed by atoms with Gasteiger partial charge in [-0.15, -0.1) is 0 Å². The molecule has 0 bridgehead atoms. The molecule has 7 nitrogen and oxygen atoms in total. The van der Waals surface area contributed by atoms with E-state index in [-0.39, 0.29) is 35.2 Å². The van der Waals surface area contributed by atoms with Crippen LogP contribution in [0.5, 0.6) is 0 Å². The fraction of sp³-hybridized carbons (Fsp3) is 0.880. The summed E-state index contributed by atoms with van der Waals surface area (Å²) >= 11 is 0. The van der Waals surface area contributed by atoms with Gasteiger partial charge in [0.15, 0.2) is 6.61 Å². The number of ketones is 1. The van der Waals surface area contributed by atoms with Crippen LogP contribution in [-0.2, 0) is 23.9 Å². The molecule has 7 heteroatoms. The van der Waals surface area contributed by atoms with Crippen LogP contribution in [-0.4, -0.2) is 52.4 Å². The lowest BCUT2D eigenvalue weighted by Crippen LogP contribution is -2.63. The number of aliphatic hydroxyl groups is 2. The highest BCUT2D eigenvalue weighted by molar-refractivity contribution is 5.91. The largest absolute Gasteiger partial charge is 0.463 e. The van der Waals surface area contributed by atoms with Crippen molar-refractivity contribution in [2.75, 3.05) is 6.61 Å². The number of esters is 2. The van der Waals surface area contributed by atoms with Gasteiger partial charge < -0.3 is 19.7 Å². The smallest absolute Gasteiger partial charge is 0.303 e. The normalized spacial score (nSPS) is 47.6. The molecule has 4 rings (SSSR count). The van der Waals surface area contributed by atoms with Gasteiger partial charge in [-0.3, -0.25) is 14.4 Å². The zero-order chi connectivity index (χ0) is 23.5. The highest BCUT2D eigenvalue weighted by Crippen LogP contribution is 2.68. The molecule has 4 aliphatic carbocycles. The highest BCUT2D eigenvalue weighted by atomic mass is 16.5. The lowest BCUT2D eigenvalue weighted by molar-refractivity contribution is -0.205. The van der Waals surface area contributed by atoms with Gasteiger partial charge in [-0.05, 0) is 80.5 Å². The Morgan fingerprint density at radius 2 is 1.72 bits per heavy atom. The van der Waals surface area contributed by atoms with Gasteiger partial charge in [-0.1, -0.05) is 13.8 Å². The van der Waals surface area contributed by atoms with E-state index in [4.69, 9.17) is 9.47 Å². The molecule has 0 aromatic rings. The lowest BCUT2D eigenvalue weighted by Gasteiger charge is -2.62. The van der Waals surface area contributed by atoms with Crippen LogP contribution in [0.3, 0.4) is 0 Å². The standard InChI is InChI=1S/C25H38O7/c1-14(26)31-13-21(29)25(30)10-8-19-18-6-5-16-11-17(32-15(2)27)7-9-23(16,3)22(18)20(28)12-24(19,25)4/h16-20,22,28,30H,5-13H2,1-4H3. The third-order valence-electron chi connectivity index (χ3n) is 9.90. The number of Topliss-reactive ketones (excluding diaryl/α,β-unsaturated/α-hetero) is 1. The van der Waals surface area contributed by atoms with Crippen molar-refractivity contribution in [3.8, 4) is 0 Å². The van der Waals surface area contributed by atoms with Crippen LogP contribution >= 0.6 is 0 Å². The van der Waals surface area contributed by atoms with Crippen molar-refractivity contribution in [2.45, 2.75) is 96.9 Å². The number of aliphatic hydroxyl groups excluding tert-OH is 1. The molecule has 9 unspecified atom stereocenters. The van der Waals surface area contributed by atoms with Crippen molar-refractivity contribution in [3.05, 3.63) is 0 Å². The lowest BCUT2D eigenvalue weighted by atomic mass is 9.43.